The first kappa shape index (κ1) is 26.7. The van der Waals surface area contributed by atoms with E-state index in [0.29, 0.717) is 33.3 Å². The average molecular weight is 512 g/mol. The van der Waals surface area contributed by atoms with E-state index in [4.69, 9.17) is 34.0 Å². The fraction of sp³-hybridized carbons (Fsp3) is 0.273. The monoisotopic (exact) mass is 511 g/mol. The number of hydrogen-bond acceptors (Lipinski definition) is 7. The quantitative estimate of drug-likeness (QED) is 0.318. The lowest BCUT2D eigenvalue weighted by molar-refractivity contribution is -0.138. The number of para-hydroxylation sites is 2. The molecule has 0 radical (unpaired) electrons. The third-order valence-corrected chi connectivity index (χ3v) is 6.13. The van der Waals surface area contributed by atoms with Gasteiger partial charge in [0.1, 0.15) is 12.3 Å². The first-order chi connectivity index (χ1) is 15.7. The Hall–Kier alpha value is -2.59. The van der Waals surface area contributed by atoms with Crippen molar-refractivity contribution in [2.45, 2.75) is 31.3 Å². The maximum atomic E-state index is 12.5. The van der Waals surface area contributed by atoms with E-state index in [9.17, 15) is 19.2 Å². The van der Waals surface area contributed by atoms with Crippen LogP contribution >= 0.6 is 35.0 Å². The molecule has 0 aliphatic carbocycles. The van der Waals surface area contributed by atoms with Crippen LogP contribution < -0.4 is 16.4 Å². The molecule has 33 heavy (non-hydrogen) atoms. The number of hydrogen-bond donors (Lipinski definition) is 4. The molecule has 0 aromatic heterocycles. The largest absolute Gasteiger partial charge is 0.480 e. The van der Waals surface area contributed by atoms with Gasteiger partial charge in [-0.3, -0.25) is 14.4 Å². The first-order valence-electron chi connectivity index (χ1n) is 9.88. The van der Waals surface area contributed by atoms with Crippen molar-refractivity contribution < 1.29 is 24.3 Å². The van der Waals surface area contributed by atoms with Gasteiger partial charge in [-0.2, -0.15) is 0 Å². The minimum atomic E-state index is -1.21. The highest BCUT2D eigenvalue weighted by Crippen LogP contribution is 2.33. The second-order valence-electron chi connectivity index (χ2n) is 7.03. The van der Waals surface area contributed by atoms with Crippen LogP contribution in [0.15, 0.2) is 42.5 Å². The van der Waals surface area contributed by atoms with Crippen molar-refractivity contribution in [3.05, 3.63) is 58.1 Å². The molecule has 2 unspecified atom stereocenters. The molecule has 0 fully saturated rings. The Morgan fingerprint density at radius 3 is 2.39 bits per heavy atom. The van der Waals surface area contributed by atoms with Gasteiger partial charge in [0, 0.05) is 24.3 Å². The molecule has 176 valence electrons. The second kappa shape index (κ2) is 13.2. The maximum Gasteiger partial charge on any atom is 0.320 e. The van der Waals surface area contributed by atoms with Gasteiger partial charge in [0.15, 0.2) is 5.12 Å². The van der Waals surface area contributed by atoms with Crippen molar-refractivity contribution in [1.29, 1.82) is 0 Å². The van der Waals surface area contributed by atoms with Crippen LogP contribution in [0.2, 0.25) is 10.0 Å². The van der Waals surface area contributed by atoms with Gasteiger partial charge in [0.05, 0.1) is 21.8 Å². The zero-order valence-electron chi connectivity index (χ0n) is 17.4. The average Bonchev–Trinajstić information content (AvgIpc) is 2.78. The van der Waals surface area contributed by atoms with Crippen LogP contribution in [0.25, 0.3) is 0 Å². The molecule has 0 aliphatic rings. The van der Waals surface area contributed by atoms with E-state index in [2.05, 4.69) is 10.6 Å². The molecule has 0 saturated heterocycles. The van der Waals surface area contributed by atoms with Gasteiger partial charge in [-0.25, -0.2) is 0 Å². The number of amides is 1. The molecule has 2 rings (SSSR count). The number of nitrogens with one attached hydrogen (secondary N) is 2. The third kappa shape index (κ3) is 8.70. The van der Waals surface area contributed by atoms with E-state index < -0.39 is 24.0 Å². The summed E-state index contributed by atoms with van der Waals surface area (Å²) >= 11 is 13.3. The summed E-state index contributed by atoms with van der Waals surface area (Å²) in [6, 6.07) is 10.3. The fourth-order valence-electron chi connectivity index (χ4n) is 2.74. The van der Waals surface area contributed by atoms with Crippen molar-refractivity contribution in [3.63, 3.8) is 0 Å². The lowest BCUT2D eigenvalue weighted by Crippen LogP contribution is -2.39. The highest BCUT2D eigenvalue weighted by atomic mass is 35.5. The van der Waals surface area contributed by atoms with Crippen LogP contribution in [0.5, 0.6) is 0 Å². The molecule has 2 aromatic rings. The van der Waals surface area contributed by atoms with Crippen LogP contribution in [-0.4, -0.2) is 46.2 Å². The number of thioether (sulfide) groups is 1. The van der Waals surface area contributed by atoms with Crippen molar-refractivity contribution >= 4 is 69.6 Å². The lowest BCUT2D eigenvalue weighted by Gasteiger charge is -2.15. The van der Waals surface area contributed by atoms with Gasteiger partial charge in [-0.1, -0.05) is 59.2 Å². The van der Waals surface area contributed by atoms with E-state index in [1.54, 1.807) is 36.4 Å². The van der Waals surface area contributed by atoms with Gasteiger partial charge < -0.3 is 26.3 Å². The Kier molecular flexibility index (Phi) is 10.7. The first-order valence-corrected chi connectivity index (χ1v) is 11.6. The molecule has 0 aliphatic heterocycles. The third-order valence-electron chi connectivity index (χ3n) is 4.51. The molecule has 0 bridgehead atoms. The molecule has 0 spiro atoms. The summed E-state index contributed by atoms with van der Waals surface area (Å²) in [6.45, 7) is 0. The van der Waals surface area contributed by atoms with E-state index >= 15 is 0 Å². The summed E-state index contributed by atoms with van der Waals surface area (Å²) in [6.07, 6.45) is 0.408. The number of carbonyl (C=O) groups is 4. The molecule has 11 heteroatoms. The minimum Gasteiger partial charge on any atom is -0.480 e. The molecular weight excluding hydrogens is 489 g/mol. The van der Waals surface area contributed by atoms with E-state index in [0.717, 1.165) is 11.8 Å². The van der Waals surface area contributed by atoms with Crippen LogP contribution in [0.3, 0.4) is 0 Å². The number of anilines is 2. The highest BCUT2D eigenvalue weighted by Gasteiger charge is 2.18. The van der Waals surface area contributed by atoms with Crippen molar-refractivity contribution in [2.75, 3.05) is 11.1 Å². The number of nitrogens with two attached hydrogens (primary N) is 1. The smallest absolute Gasteiger partial charge is 0.320 e. The van der Waals surface area contributed by atoms with E-state index in [1.807, 2.05) is 6.07 Å². The Morgan fingerprint density at radius 1 is 1.09 bits per heavy atom. The molecule has 2 atom stereocenters. The van der Waals surface area contributed by atoms with Crippen LogP contribution in [0.1, 0.15) is 18.4 Å². The second-order valence-corrected chi connectivity index (χ2v) is 8.92. The van der Waals surface area contributed by atoms with Crippen molar-refractivity contribution in [3.8, 4) is 0 Å². The SMILES string of the molecule is NC(CCC(=O)NC(C=O)CSC(=O)Cc1ccccc1Nc1c(Cl)cccc1Cl)C(=O)O. The summed E-state index contributed by atoms with van der Waals surface area (Å²) < 4.78 is 0. The maximum absolute atomic E-state index is 12.5. The van der Waals surface area contributed by atoms with Gasteiger partial charge in [0.2, 0.25) is 5.91 Å². The van der Waals surface area contributed by atoms with Crippen LogP contribution in [0.4, 0.5) is 11.4 Å². The molecule has 5 N–H and O–H groups in total. The van der Waals surface area contributed by atoms with Crippen molar-refractivity contribution in [2.24, 2.45) is 5.73 Å². The predicted molar refractivity (Wildman–Crippen MR) is 130 cm³/mol. The topological polar surface area (TPSA) is 139 Å². The Balaban J connectivity index is 1.92. The molecule has 1 amide bonds. The van der Waals surface area contributed by atoms with Gasteiger partial charge >= 0.3 is 5.97 Å². The summed E-state index contributed by atoms with van der Waals surface area (Å²) in [4.78, 5) is 46.4. The zero-order chi connectivity index (χ0) is 24.4. The fourth-order valence-corrected chi connectivity index (χ4v) is 4.02. The number of aliphatic carboxylic acids is 1. The summed E-state index contributed by atoms with van der Waals surface area (Å²) in [5, 5.41) is 15.0. The minimum absolute atomic E-state index is 0.0466. The van der Waals surface area contributed by atoms with Gasteiger partial charge in [-0.05, 0) is 30.2 Å². The van der Waals surface area contributed by atoms with E-state index in [-0.39, 0.29) is 30.1 Å². The van der Waals surface area contributed by atoms with Crippen molar-refractivity contribution in [1.82, 2.24) is 5.32 Å². The number of aldehydes is 1. The molecular formula is C22H23Cl2N3O5S. The molecule has 0 heterocycles. The van der Waals surface area contributed by atoms with Gasteiger partial charge in [-0.15, -0.1) is 0 Å². The van der Waals surface area contributed by atoms with Crippen LogP contribution in [0, 0.1) is 0 Å². The number of carboxylic acid groups (broad SMARTS) is 1. The highest BCUT2D eigenvalue weighted by molar-refractivity contribution is 8.13. The summed E-state index contributed by atoms with van der Waals surface area (Å²) in [7, 11) is 0. The summed E-state index contributed by atoms with van der Waals surface area (Å²) in [5.74, 6) is -1.67. The number of carbonyl (C=O) groups excluding carboxylic acids is 3. The van der Waals surface area contributed by atoms with E-state index in [1.165, 1.54) is 0 Å². The lowest BCUT2D eigenvalue weighted by atomic mass is 10.1. The predicted octanol–water partition coefficient (Wildman–Crippen LogP) is 3.42. The standard InChI is InChI=1S/C22H23Cl2N3O5S/c23-15-5-3-6-16(24)21(15)27-18-7-2-1-4-13(18)10-20(30)33-12-14(11-28)26-19(29)9-8-17(25)22(31)32/h1-7,11,14,17,27H,8-10,12,25H2,(H,26,29)(H,31,32). The zero-order valence-corrected chi connectivity index (χ0v) is 19.8. The molecule has 2 aromatic carbocycles. The normalized spacial score (nSPS) is 12.5. The van der Waals surface area contributed by atoms with Gasteiger partial charge in [0.25, 0.3) is 0 Å². The summed E-state index contributed by atoms with van der Waals surface area (Å²) in [5.41, 5.74) is 7.26. The van der Waals surface area contributed by atoms with Crippen LogP contribution in [-0.2, 0) is 25.6 Å². The molecule has 0 saturated carbocycles. The Bertz CT molecular complexity index is 1000. The number of carboxylic acids is 1. The number of benzene rings is 2. The number of rotatable bonds is 12. The molecule has 8 nitrogen and oxygen atoms in total. The number of halogens is 2. The Morgan fingerprint density at radius 2 is 1.76 bits per heavy atom. The Labute approximate surface area is 205 Å².